The van der Waals surface area contributed by atoms with Crippen molar-refractivity contribution >= 4 is 11.8 Å². The molecule has 0 aromatic rings. The van der Waals surface area contributed by atoms with E-state index in [1.54, 1.807) is 0 Å². The van der Waals surface area contributed by atoms with Crippen LogP contribution in [-0.2, 0) is 9.59 Å². The number of carbonyl (C=O) groups excluding carboxylic acids is 2. The van der Waals surface area contributed by atoms with Gasteiger partial charge in [0.05, 0.1) is 12.1 Å². The van der Waals surface area contributed by atoms with E-state index >= 15 is 0 Å². The molecule has 1 fully saturated rings. The number of hydrogen-bond donors (Lipinski definition) is 1. The van der Waals surface area contributed by atoms with Crippen LogP contribution in [0.25, 0.3) is 0 Å². The summed E-state index contributed by atoms with van der Waals surface area (Å²) in [4.78, 5) is 23.9. The molecule has 1 N–H and O–H groups in total. The molecule has 16 heavy (non-hydrogen) atoms. The Labute approximate surface area is 95.4 Å². The summed E-state index contributed by atoms with van der Waals surface area (Å²) in [5.41, 5.74) is 0. The highest BCUT2D eigenvalue weighted by atomic mass is 16.2. The lowest BCUT2D eigenvalue weighted by atomic mass is 10.2. The van der Waals surface area contributed by atoms with Crippen LogP contribution in [0.5, 0.6) is 0 Å². The Balaban J connectivity index is 2.41. The van der Waals surface area contributed by atoms with Crippen molar-refractivity contribution in [2.75, 3.05) is 6.54 Å². The predicted octanol–water partition coefficient (Wildman–Crippen LogP) is 0.416. The highest BCUT2D eigenvalue weighted by Gasteiger charge is 2.28. The summed E-state index contributed by atoms with van der Waals surface area (Å²) in [6, 6.07) is 2.04. The van der Waals surface area contributed by atoms with Gasteiger partial charge >= 0.3 is 0 Å². The zero-order valence-electron chi connectivity index (χ0n) is 9.69. The lowest BCUT2D eigenvalue weighted by Gasteiger charge is -2.18. The molecule has 0 spiro atoms. The second kappa shape index (κ2) is 5.61. The van der Waals surface area contributed by atoms with E-state index in [2.05, 4.69) is 11.4 Å². The van der Waals surface area contributed by atoms with Gasteiger partial charge in [-0.2, -0.15) is 5.26 Å². The summed E-state index contributed by atoms with van der Waals surface area (Å²) in [7, 11) is 0. The van der Waals surface area contributed by atoms with Crippen molar-refractivity contribution in [3.63, 3.8) is 0 Å². The molecule has 1 rings (SSSR count). The second-order valence-corrected chi connectivity index (χ2v) is 4.23. The van der Waals surface area contributed by atoms with E-state index in [-0.39, 0.29) is 23.9 Å². The van der Waals surface area contributed by atoms with Crippen LogP contribution in [-0.4, -0.2) is 35.3 Å². The third-order valence-electron chi connectivity index (χ3n) is 2.49. The van der Waals surface area contributed by atoms with Crippen LogP contribution in [0, 0.1) is 11.3 Å². The highest BCUT2D eigenvalue weighted by molar-refractivity contribution is 6.01. The van der Waals surface area contributed by atoms with Gasteiger partial charge in [0.25, 0.3) is 0 Å². The fourth-order valence-corrected chi connectivity index (χ4v) is 1.72. The Bertz CT molecular complexity index is 304. The smallest absolute Gasteiger partial charge is 0.229 e. The van der Waals surface area contributed by atoms with Gasteiger partial charge in [0.15, 0.2) is 0 Å². The summed E-state index contributed by atoms with van der Waals surface area (Å²) >= 11 is 0. The Hall–Kier alpha value is -1.41. The van der Waals surface area contributed by atoms with Crippen LogP contribution in [0.1, 0.15) is 33.1 Å². The number of nitriles is 1. The molecule has 1 saturated heterocycles. The maximum atomic E-state index is 11.3. The molecule has 0 aromatic heterocycles. The largest absolute Gasteiger partial charge is 0.300 e. The third-order valence-corrected chi connectivity index (χ3v) is 2.49. The minimum atomic E-state index is -0.304. The number of imide groups is 1. The van der Waals surface area contributed by atoms with Gasteiger partial charge < -0.3 is 0 Å². The Morgan fingerprint density at radius 3 is 2.38 bits per heavy atom. The molecule has 1 aliphatic rings. The number of hydrogen-bond acceptors (Lipinski definition) is 4. The lowest BCUT2D eigenvalue weighted by molar-refractivity contribution is -0.138. The van der Waals surface area contributed by atoms with Gasteiger partial charge in [-0.1, -0.05) is 0 Å². The Morgan fingerprint density at radius 2 is 1.94 bits per heavy atom. The van der Waals surface area contributed by atoms with Gasteiger partial charge in [-0.15, -0.1) is 0 Å². The van der Waals surface area contributed by atoms with E-state index < -0.39 is 0 Å². The quantitative estimate of drug-likeness (QED) is 0.685. The average Bonchev–Trinajstić information content (AvgIpc) is 2.53. The molecule has 1 unspecified atom stereocenters. The van der Waals surface area contributed by atoms with Crippen molar-refractivity contribution in [3.8, 4) is 6.07 Å². The van der Waals surface area contributed by atoms with Crippen molar-refractivity contribution in [2.45, 2.75) is 45.2 Å². The molecular formula is C11H17N3O2. The third kappa shape index (κ3) is 3.31. The molecule has 0 radical (unpaired) electrons. The van der Waals surface area contributed by atoms with Crippen molar-refractivity contribution in [1.82, 2.24) is 10.2 Å². The van der Waals surface area contributed by atoms with Crippen molar-refractivity contribution in [1.29, 1.82) is 5.26 Å². The van der Waals surface area contributed by atoms with Crippen LogP contribution >= 0.6 is 0 Å². The van der Waals surface area contributed by atoms with Crippen molar-refractivity contribution in [2.24, 2.45) is 0 Å². The summed E-state index contributed by atoms with van der Waals surface area (Å²) in [6.07, 6.45) is 1.12. The molecule has 1 heterocycles. The fourth-order valence-electron chi connectivity index (χ4n) is 1.72. The maximum Gasteiger partial charge on any atom is 0.229 e. The van der Waals surface area contributed by atoms with E-state index in [1.807, 2.05) is 13.8 Å². The highest BCUT2D eigenvalue weighted by Crippen LogP contribution is 2.12. The first-order valence-corrected chi connectivity index (χ1v) is 5.53. The fraction of sp³-hybridized carbons (Fsp3) is 0.727. The van der Waals surface area contributed by atoms with Gasteiger partial charge in [0.2, 0.25) is 11.8 Å². The normalized spacial score (nSPS) is 18.0. The molecule has 0 aromatic carbocycles. The molecular weight excluding hydrogens is 206 g/mol. The molecule has 5 heteroatoms. The van der Waals surface area contributed by atoms with Gasteiger partial charge in [-0.05, 0) is 20.3 Å². The molecule has 1 aliphatic heterocycles. The van der Waals surface area contributed by atoms with Crippen LogP contribution in [0.4, 0.5) is 0 Å². The minimum absolute atomic E-state index is 0.119. The molecule has 2 amide bonds. The van der Waals surface area contributed by atoms with E-state index in [1.165, 1.54) is 4.90 Å². The minimum Gasteiger partial charge on any atom is -0.300 e. The van der Waals surface area contributed by atoms with E-state index in [9.17, 15) is 9.59 Å². The predicted molar refractivity (Wildman–Crippen MR) is 58.2 cm³/mol. The number of carbonyl (C=O) groups is 2. The van der Waals surface area contributed by atoms with Crippen LogP contribution in [0.3, 0.4) is 0 Å². The van der Waals surface area contributed by atoms with Gasteiger partial charge in [-0.25, -0.2) is 0 Å². The molecule has 88 valence electrons. The average molecular weight is 223 g/mol. The molecule has 0 bridgehead atoms. The topological polar surface area (TPSA) is 73.2 Å². The first-order chi connectivity index (χ1) is 7.54. The summed E-state index contributed by atoms with van der Waals surface area (Å²) in [5, 5.41) is 12.0. The number of nitrogens with zero attached hydrogens (tertiary/aromatic N) is 2. The maximum absolute atomic E-state index is 11.3. The van der Waals surface area contributed by atoms with Gasteiger partial charge in [0, 0.05) is 25.4 Å². The van der Waals surface area contributed by atoms with Crippen LogP contribution in [0.15, 0.2) is 0 Å². The second-order valence-electron chi connectivity index (χ2n) is 4.23. The van der Waals surface area contributed by atoms with Crippen molar-refractivity contribution < 1.29 is 9.59 Å². The standard InChI is InChI=1S/C11H17N3O2/c1-8(2)13-9(7-12)5-6-14-10(15)3-4-11(14)16/h8-9,13H,3-6H2,1-2H3. The number of nitrogens with one attached hydrogen (secondary N) is 1. The Kier molecular flexibility index (Phi) is 4.44. The van der Waals surface area contributed by atoms with E-state index in [4.69, 9.17) is 5.26 Å². The summed E-state index contributed by atoms with van der Waals surface area (Å²) in [6.45, 7) is 4.25. The van der Waals surface area contributed by atoms with Gasteiger partial charge in [-0.3, -0.25) is 19.8 Å². The molecule has 1 atom stereocenters. The number of likely N-dealkylation sites (tertiary alicyclic amines) is 1. The van der Waals surface area contributed by atoms with Crippen molar-refractivity contribution in [3.05, 3.63) is 0 Å². The summed E-state index contributed by atoms with van der Waals surface area (Å²) < 4.78 is 0. The molecule has 5 nitrogen and oxygen atoms in total. The Morgan fingerprint density at radius 1 is 1.38 bits per heavy atom. The lowest BCUT2D eigenvalue weighted by Crippen LogP contribution is -2.38. The van der Waals surface area contributed by atoms with E-state index in [0.717, 1.165) is 0 Å². The monoisotopic (exact) mass is 223 g/mol. The number of rotatable bonds is 5. The zero-order chi connectivity index (χ0) is 12.1. The first kappa shape index (κ1) is 12.7. The summed E-state index contributed by atoms with van der Waals surface area (Å²) in [5.74, 6) is -0.238. The molecule has 0 saturated carbocycles. The zero-order valence-corrected chi connectivity index (χ0v) is 9.69. The SMILES string of the molecule is CC(C)NC(C#N)CCN1C(=O)CCC1=O. The van der Waals surface area contributed by atoms with Gasteiger partial charge in [0.1, 0.15) is 0 Å². The first-order valence-electron chi connectivity index (χ1n) is 5.53. The van der Waals surface area contributed by atoms with Crippen LogP contribution < -0.4 is 5.32 Å². The van der Waals surface area contributed by atoms with E-state index in [0.29, 0.717) is 25.8 Å². The molecule has 0 aliphatic carbocycles. The van der Waals surface area contributed by atoms with Crippen LogP contribution in [0.2, 0.25) is 0 Å². The number of amides is 2.